The van der Waals surface area contributed by atoms with Crippen LogP contribution in [0.3, 0.4) is 0 Å². The predicted molar refractivity (Wildman–Crippen MR) is 48.6 cm³/mol. The van der Waals surface area contributed by atoms with Gasteiger partial charge in [0.2, 0.25) is 0 Å². The number of hydrogen-bond acceptors (Lipinski definition) is 2. The van der Waals surface area contributed by atoms with Crippen LogP contribution in [0.15, 0.2) is 24.3 Å². The molecule has 1 rings (SSSR count). The SMILES string of the molecule is C[C@H](NBr)c1ccc(O)cc1. The van der Waals surface area contributed by atoms with Crippen LogP contribution in [0.25, 0.3) is 0 Å². The summed E-state index contributed by atoms with van der Waals surface area (Å²) >= 11 is 3.16. The van der Waals surface area contributed by atoms with Gasteiger partial charge in [-0.15, -0.1) is 0 Å². The Balaban J connectivity index is 2.81. The van der Waals surface area contributed by atoms with E-state index in [0.29, 0.717) is 5.75 Å². The fourth-order valence-corrected chi connectivity index (χ4v) is 1.09. The maximum Gasteiger partial charge on any atom is 0.115 e. The van der Waals surface area contributed by atoms with Crippen molar-refractivity contribution in [3.8, 4) is 5.75 Å². The number of nitrogens with one attached hydrogen (secondary N) is 1. The Morgan fingerprint density at radius 1 is 1.36 bits per heavy atom. The molecule has 0 amide bonds. The molecule has 0 aromatic heterocycles. The van der Waals surface area contributed by atoms with E-state index >= 15 is 0 Å². The van der Waals surface area contributed by atoms with Crippen molar-refractivity contribution in [3.63, 3.8) is 0 Å². The number of rotatable bonds is 2. The summed E-state index contributed by atoms with van der Waals surface area (Å²) in [5.74, 6) is 0.301. The molecule has 0 bridgehead atoms. The summed E-state index contributed by atoms with van der Waals surface area (Å²) in [7, 11) is 0. The smallest absolute Gasteiger partial charge is 0.115 e. The van der Waals surface area contributed by atoms with Crippen LogP contribution in [-0.4, -0.2) is 5.11 Å². The fraction of sp³-hybridized carbons (Fsp3) is 0.250. The molecule has 3 heteroatoms. The minimum absolute atomic E-state index is 0.260. The predicted octanol–water partition coefficient (Wildman–Crippen LogP) is 2.35. The summed E-state index contributed by atoms with van der Waals surface area (Å²) in [5.41, 5.74) is 1.14. The first-order chi connectivity index (χ1) is 5.24. The standard InChI is InChI=1S/C8H10BrNO/c1-6(10-9)7-2-4-8(11)5-3-7/h2-6,10-11H,1H3/t6-/m0/s1. The molecule has 2 nitrogen and oxygen atoms in total. The van der Waals surface area contributed by atoms with Crippen molar-refractivity contribution in [1.29, 1.82) is 0 Å². The average molecular weight is 216 g/mol. The molecule has 2 N–H and O–H groups in total. The van der Waals surface area contributed by atoms with Crippen LogP contribution in [0, 0.1) is 0 Å². The van der Waals surface area contributed by atoms with Gasteiger partial charge in [-0.2, -0.15) is 0 Å². The van der Waals surface area contributed by atoms with E-state index in [1.807, 2.05) is 19.1 Å². The van der Waals surface area contributed by atoms with Crippen molar-refractivity contribution in [2.45, 2.75) is 13.0 Å². The second-order valence-electron chi connectivity index (χ2n) is 2.42. The molecule has 0 aliphatic heterocycles. The van der Waals surface area contributed by atoms with Crippen molar-refractivity contribution in [2.24, 2.45) is 0 Å². The minimum atomic E-state index is 0.260. The lowest BCUT2D eigenvalue weighted by Gasteiger charge is -2.07. The van der Waals surface area contributed by atoms with Gasteiger partial charge in [-0.05, 0) is 24.6 Å². The molecule has 11 heavy (non-hydrogen) atoms. The average Bonchev–Trinajstić information content (AvgIpc) is 2.05. The monoisotopic (exact) mass is 215 g/mol. The molecule has 0 aliphatic rings. The molecule has 0 fully saturated rings. The van der Waals surface area contributed by atoms with Crippen LogP contribution < -0.4 is 4.34 Å². The molecular formula is C8H10BrNO. The van der Waals surface area contributed by atoms with Gasteiger partial charge in [0.1, 0.15) is 5.75 Å². The Morgan fingerprint density at radius 3 is 2.36 bits per heavy atom. The molecule has 1 atom stereocenters. The second kappa shape index (κ2) is 3.74. The van der Waals surface area contributed by atoms with Gasteiger partial charge in [0.25, 0.3) is 0 Å². The maximum atomic E-state index is 8.98. The lowest BCUT2D eigenvalue weighted by molar-refractivity contribution is 0.475. The summed E-state index contributed by atoms with van der Waals surface area (Å²) in [5, 5.41) is 8.98. The summed E-state index contributed by atoms with van der Waals surface area (Å²) < 4.78 is 2.93. The number of hydrogen-bond donors (Lipinski definition) is 2. The number of aromatic hydroxyl groups is 1. The Hall–Kier alpha value is -0.540. The zero-order valence-electron chi connectivity index (χ0n) is 6.21. The molecule has 0 aliphatic carbocycles. The first-order valence-corrected chi connectivity index (χ1v) is 4.18. The third-order valence-corrected chi connectivity index (χ3v) is 2.24. The zero-order valence-corrected chi connectivity index (χ0v) is 7.80. The Kier molecular flexibility index (Phi) is 2.91. The number of benzene rings is 1. The highest BCUT2D eigenvalue weighted by Gasteiger charge is 2.00. The van der Waals surface area contributed by atoms with E-state index in [0.717, 1.165) is 5.56 Å². The Morgan fingerprint density at radius 2 is 1.91 bits per heavy atom. The largest absolute Gasteiger partial charge is 0.508 e. The van der Waals surface area contributed by atoms with Crippen molar-refractivity contribution < 1.29 is 5.11 Å². The summed E-state index contributed by atoms with van der Waals surface area (Å²) in [4.78, 5) is 0. The molecular weight excluding hydrogens is 206 g/mol. The maximum absolute atomic E-state index is 8.98. The van der Waals surface area contributed by atoms with E-state index in [1.54, 1.807) is 12.1 Å². The van der Waals surface area contributed by atoms with E-state index in [9.17, 15) is 0 Å². The molecule has 0 spiro atoms. The van der Waals surface area contributed by atoms with Crippen LogP contribution in [-0.2, 0) is 0 Å². The quantitative estimate of drug-likeness (QED) is 0.743. The normalized spacial score (nSPS) is 12.9. The fourth-order valence-electron chi connectivity index (χ4n) is 0.826. The van der Waals surface area contributed by atoms with E-state index < -0.39 is 0 Å². The molecule has 0 radical (unpaired) electrons. The van der Waals surface area contributed by atoms with E-state index in [4.69, 9.17) is 5.11 Å². The zero-order chi connectivity index (χ0) is 8.27. The molecule has 0 heterocycles. The highest BCUT2D eigenvalue weighted by atomic mass is 79.9. The van der Waals surface area contributed by atoms with Gasteiger partial charge in [0, 0.05) is 22.2 Å². The van der Waals surface area contributed by atoms with Gasteiger partial charge in [0.15, 0.2) is 0 Å². The number of phenols is 1. The first kappa shape index (κ1) is 8.56. The Labute approximate surface area is 74.6 Å². The van der Waals surface area contributed by atoms with Gasteiger partial charge in [-0.25, -0.2) is 4.34 Å². The minimum Gasteiger partial charge on any atom is -0.508 e. The molecule has 1 aromatic carbocycles. The van der Waals surface area contributed by atoms with Crippen molar-refractivity contribution in [1.82, 2.24) is 4.34 Å². The summed E-state index contributed by atoms with van der Waals surface area (Å²) in [6, 6.07) is 7.38. The van der Waals surface area contributed by atoms with Gasteiger partial charge >= 0.3 is 0 Å². The Bertz CT molecular complexity index is 222. The van der Waals surface area contributed by atoms with Gasteiger partial charge in [-0.3, -0.25) is 0 Å². The molecule has 0 unspecified atom stereocenters. The van der Waals surface area contributed by atoms with E-state index in [1.165, 1.54) is 0 Å². The topological polar surface area (TPSA) is 32.3 Å². The molecule has 60 valence electrons. The molecule has 1 aromatic rings. The van der Waals surface area contributed by atoms with Gasteiger partial charge < -0.3 is 5.11 Å². The number of halogens is 1. The van der Waals surface area contributed by atoms with Crippen molar-refractivity contribution in [3.05, 3.63) is 29.8 Å². The van der Waals surface area contributed by atoms with Crippen LogP contribution in [0.1, 0.15) is 18.5 Å². The van der Waals surface area contributed by atoms with Crippen LogP contribution in [0.2, 0.25) is 0 Å². The van der Waals surface area contributed by atoms with Crippen molar-refractivity contribution in [2.75, 3.05) is 0 Å². The third kappa shape index (κ3) is 2.20. The van der Waals surface area contributed by atoms with E-state index in [-0.39, 0.29) is 6.04 Å². The lowest BCUT2D eigenvalue weighted by atomic mass is 10.1. The summed E-state index contributed by atoms with van der Waals surface area (Å²) in [6.45, 7) is 2.03. The molecule has 0 saturated heterocycles. The molecule has 0 saturated carbocycles. The third-order valence-electron chi connectivity index (χ3n) is 1.56. The van der Waals surface area contributed by atoms with Crippen LogP contribution in [0.5, 0.6) is 5.75 Å². The number of phenolic OH excluding ortho intramolecular Hbond substituents is 1. The van der Waals surface area contributed by atoms with E-state index in [2.05, 4.69) is 20.5 Å². The van der Waals surface area contributed by atoms with Gasteiger partial charge in [0.05, 0.1) is 0 Å². The summed E-state index contributed by atoms with van der Waals surface area (Å²) in [6.07, 6.45) is 0. The highest BCUT2D eigenvalue weighted by molar-refractivity contribution is 9.08. The second-order valence-corrected chi connectivity index (χ2v) is 2.88. The van der Waals surface area contributed by atoms with Crippen LogP contribution >= 0.6 is 16.1 Å². The van der Waals surface area contributed by atoms with Gasteiger partial charge in [-0.1, -0.05) is 12.1 Å². The highest BCUT2D eigenvalue weighted by Crippen LogP contribution is 2.16. The first-order valence-electron chi connectivity index (χ1n) is 3.39. The lowest BCUT2D eigenvalue weighted by Crippen LogP contribution is -2.05. The van der Waals surface area contributed by atoms with Crippen LogP contribution in [0.4, 0.5) is 0 Å². The van der Waals surface area contributed by atoms with Crippen molar-refractivity contribution >= 4 is 16.1 Å².